The van der Waals surface area contributed by atoms with E-state index in [1.165, 1.54) is 25.8 Å². The predicted molar refractivity (Wildman–Crippen MR) is 51.2 cm³/mol. The van der Waals surface area contributed by atoms with Crippen LogP contribution in [0.2, 0.25) is 0 Å². The van der Waals surface area contributed by atoms with Crippen LogP contribution in [0.5, 0.6) is 0 Å². The summed E-state index contributed by atoms with van der Waals surface area (Å²) in [6.07, 6.45) is 4.68. The average molecular weight is 310 g/mol. The second kappa shape index (κ2) is 4.79. The normalized spacial score (nSPS) is 37.5. The van der Waals surface area contributed by atoms with Gasteiger partial charge in [-0.05, 0) is 12.8 Å². The number of amides is 1. The van der Waals surface area contributed by atoms with Crippen molar-refractivity contribution >= 4 is 5.91 Å². The summed E-state index contributed by atoms with van der Waals surface area (Å²) in [5.41, 5.74) is 0. The van der Waals surface area contributed by atoms with Crippen LogP contribution in [0.3, 0.4) is 0 Å². The number of carbonyl (C=O) groups excluding carboxylic acids is 1. The number of quaternary nitrogens is 1. The van der Waals surface area contributed by atoms with Gasteiger partial charge in [0, 0.05) is 6.42 Å². The van der Waals surface area contributed by atoms with Gasteiger partial charge in [0.15, 0.2) is 0 Å². The molecule has 2 saturated heterocycles. The molecular formula is C10H19IN2O. The molecule has 0 aromatic carbocycles. The van der Waals surface area contributed by atoms with Crippen LogP contribution in [0.1, 0.15) is 25.7 Å². The molecule has 82 valence electrons. The van der Waals surface area contributed by atoms with E-state index in [9.17, 15) is 4.79 Å². The fraction of sp³-hybridized carbons (Fsp3) is 0.900. The molecule has 2 atom stereocenters. The van der Waals surface area contributed by atoms with Crippen LogP contribution in [-0.4, -0.2) is 43.1 Å². The zero-order valence-corrected chi connectivity index (χ0v) is 10.9. The van der Waals surface area contributed by atoms with Crippen LogP contribution >= 0.6 is 0 Å². The first-order chi connectivity index (χ1) is 6.21. The lowest BCUT2D eigenvalue weighted by molar-refractivity contribution is -0.935. The highest BCUT2D eigenvalue weighted by Gasteiger charge is 2.37. The van der Waals surface area contributed by atoms with Gasteiger partial charge < -0.3 is 33.8 Å². The fourth-order valence-corrected chi connectivity index (χ4v) is 2.64. The molecule has 0 bridgehead atoms. The molecule has 2 aliphatic heterocycles. The SMILES string of the molecule is C[N+]12CCCCC1CNC(=O)CC2.[I-]. The second-order valence-electron chi connectivity index (χ2n) is 4.63. The summed E-state index contributed by atoms with van der Waals surface area (Å²) < 4.78 is 1.12. The van der Waals surface area contributed by atoms with Crippen molar-refractivity contribution in [2.45, 2.75) is 31.7 Å². The van der Waals surface area contributed by atoms with E-state index < -0.39 is 0 Å². The first-order valence-corrected chi connectivity index (χ1v) is 5.32. The van der Waals surface area contributed by atoms with Crippen molar-refractivity contribution in [3.8, 4) is 0 Å². The molecule has 0 radical (unpaired) electrons. The molecule has 0 aromatic heterocycles. The summed E-state index contributed by atoms with van der Waals surface area (Å²) in [6.45, 7) is 3.20. The largest absolute Gasteiger partial charge is 1.00 e. The van der Waals surface area contributed by atoms with E-state index in [4.69, 9.17) is 0 Å². The van der Waals surface area contributed by atoms with Gasteiger partial charge in [-0.2, -0.15) is 0 Å². The van der Waals surface area contributed by atoms with Gasteiger partial charge in [-0.25, -0.2) is 0 Å². The topological polar surface area (TPSA) is 29.1 Å². The molecule has 2 unspecified atom stereocenters. The maximum Gasteiger partial charge on any atom is 0.225 e. The first kappa shape index (κ1) is 12.2. The summed E-state index contributed by atoms with van der Waals surface area (Å²) in [5.74, 6) is 0.244. The molecule has 2 heterocycles. The maximum atomic E-state index is 11.2. The summed E-state index contributed by atoms with van der Waals surface area (Å²) in [6, 6.07) is 0.681. The van der Waals surface area contributed by atoms with Crippen molar-refractivity contribution in [3.63, 3.8) is 0 Å². The zero-order chi connectivity index (χ0) is 9.31. The van der Waals surface area contributed by atoms with Crippen molar-refractivity contribution in [2.24, 2.45) is 0 Å². The number of hydrogen-bond acceptors (Lipinski definition) is 1. The van der Waals surface area contributed by atoms with E-state index in [-0.39, 0.29) is 29.9 Å². The lowest BCUT2D eigenvalue weighted by atomic mass is 9.99. The Labute approximate surface area is 103 Å². The number of hydrogen-bond donors (Lipinski definition) is 1. The van der Waals surface area contributed by atoms with Crippen LogP contribution in [0.15, 0.2) is 0 Å². The highest BCUT2D eigenvalue weighted by Crippen LogP contribution is 2.25. The lowest BCUT2D eigenvalue weighted by Crippen LogP contribution is -3.00. The van der Waals surface area contributed by atoms with Crippen molar-refractivity contribution in [3.05, 3.63) is 0 Å². The molecule has 2 aliphatic rings. The minimum absolute atomic E-state index is 0. The molecule has 0 saturated carbocycles. The molecule has 2 fully saturated rings. The zero-order valence-electron chi connectivity index (χ0n) is 8.76. The molecule has 0 aliphatic carbocycles. The van der Waals surface area contributed by atoms with Crippen LogP contribution in [0.25, 0.3) is 0 Å². The van der Waals surface area contributed by atoms with Crippen LogP contribution in [0.4, 0.5) is 0 Å². The van der Waals surface area contributed by atoms with E-state index >= 15 is 0 Å². The Balaban J connectivity index is 0.000000980. The summed E-state index contributed by atoms with van der Waals surface area (Å²) in [7, 11) is 2.31. The van der Waals surface area contributed by atoms with Gasteiger partial charge in [0.2, 0.25) is 5.91 Å². The molecule has 3 nitrogen and oxygen atoms in total. The third-order valence-corrected chi connectivity index (χ3v) is 3.72. The Bertz CT molecular complexity index is 222. The highest BCUT2D eigenvalue weighted by atomic mass is 127. The quantitative estimate of drug-likeness (QED) is 0.389. The highest BCUT2D eigenvalue weighted by molar-refractivity contribution is 5.76. The van der Waals surface area contributed by atoms with E-state index in [1.807, 2.05) is 0 Å². The van der Waals surface area contributed by atoms with Gasteiger partial charge in [0.1, 0.15) is 6.04 Å². The number of halogens is 1. The predicted octanol–water partition coefficient (Wildman–Crippen LogP) is -2.49. The van der Waals surface area contributed by atoms with Crippen molar-refractivity contribution in [1.29, 1.82) is 0 Å². The minimum Gasteiger partial charge on any atom is -1.00 e. The third kappa shape index (κ3) is 2.39. The number of rotatable bonds is 0. The van der Waals surface area contributed by atoms with Gasteiger partial charge >= 0.3 is 0 Å². The van der Waals surface area contributed by atoms with Gasteiger partial charge in [0.05, 0.1) is 33.1 Å². The van der Waals surface area contributed by atoms with Crippen molar-refractivity contribution in [2.75, 3.05) is 26.7 Å². The summed E-state index contributed by atoms with van der Waals surface area (Å²) in [4.78, 5) is 11.2. The average Bonchev–Trinajstić information content (AvgIpc) is 2.27. The van der Waals surface area contributed by atoms with E-state index in [0.717, 1.165) is 17.6 Å². The Morgan fingerprint density at radius 2 is 2.14 bits per heavy atom. The number of carbonyl (C=O) groups is 1. The van der Waals surface area contributed by atoms with Gasteiger partial charge in [-0.1, -0.05) is 0 Å². The molecule has 2 rings (SSSR count). The van der Waals surface area contributed by atoms with Crippen LogP contribution in [0, 0.1) is 0 Å². The van der Waals surface area contributed by atoms with Crippen LogP contribution in [-0.2, 0) is 4.79 Å². The van der Waals surface area contributed by atoms with Crippen LogP contribution < -0.4 is 29.3 Å². The van der Waals surface area contributed by atoms with Crippen molar-refractivity contribution in [1.82, 2.24) is 5.32 Å². The molecule has 14 heavy (non-hydrogen) atoms. The lowest BCUT2D eigenvalue weighted by Gasteiger charge is -2.43. The second-order valence-corrected chi connectivity index (χ2v) is 4.63. The van der Waals surface area contributed by atoms with E-state index in [1.54, 1.807) is 0 Å². The molecule has 0 aromatic rings. The number of fused-ring (bicyclic) bond motifs is 1. The third-order valence-electron chi connectivity index (χ3n) is 3.72. The molecule has 4 heteroatoms. The molecular weight excluding hydrogens is 291 g/mol. The standard InChI is InChI=1S/C10H18N2O.HI/c1-12-6-3-2-4-9(12)8-11-10(13)5-7-12;/h9H,2-8H2,1H3;1H. The Hall–Kier alpha value is 0.160. The van der Waals surface area contributed by atoms with E-state index in [2.05, 4.69) is 12.4 Å². The van der Waals surface area contributed by atoms with Gasteiger partial charge in [0.25, 0.3) is 0 Å². The van der Waals surface area contributed by atoms with Gasteiger partial charge in [-0.15, -0.1) is 0 Å². The summed E-state index contributed by atoms with van der Waals surface area (Å²) >= 11 is 0. The monoisotopic (exact) mass is 310 g/mol. The number of piperidine rings is 1. The smallest absolute Gasteiger partial charge is 0.225 e. The maximum absolute atomic E-state index is 11.2. The Kier molecular flexibility index (Phi) is 4.18. The van der Waals surface area contributed by atoms with Crippen molar-refractivity contribution < 1.29 is 33.3 Å². The van der Waals surface area contributed by atoms with Gasteiger partial charge in [-0.3, -0.25) is 4.79 Å². The first-order valence-electron chi connectivity index (χ1n) is 5.32. The Morgan fingerprint density at radius 3 is 2.93 bits per heavy atom. The minimum atomic E-state index is 0. The number of nitrogens with one attached hydrogen (secondary N) is 1. The molecule has 1 N–H and O–H groups in total. The summed E-state index contributed by atoms with van der Waals surface area (Å²) in [5, 5.41) is 3.01. The van der Waals surface area contributed by atoms with E-state index in [0.29, 0.717) is 12.5 Å². The fourth-order valence-electron chi connectivity index (χ4n) is 2.64. The number of likely N-dealkylation sites (N-methyl/N-ethyl adjacent to an activating group) is 1. The molecule has 0 spiro atoms. The number of nitrogens with zero attached hydrogens (tertiary/aromatic N) is 1. The molecule has 1 amide bonds. The Morgan fingerprint density at radius 1 is 1.36 bits per heavy atom.